The maximum atomic E-state index is 6.12. The molecule has 0 aliphatic heterocycles. The Balaban J connectivity index is 2.45. The van der Waals surface area contributed by atoms with E-state index in [0.29, 0.717) is 10.8 Å². The summed E-state index contributed by atoms with van der Waals surface area (Å²) in [6, 6.07) is 2.09. The summed E-state index contributed by atoms with van der Waals surface area (Å²) in [5.41, 5.74) is 7.19. The second-order valence-corrected chi connectivity index (χ2v) is 6.34. The van der Waals surface area contributed by atoms with Crippen molar-refractivity contribution in [2.75, 3.05) is 26.9 Å². The molecule has 0 amide bonds. The normalized spacial score (nSPS) is 20.1. The van der Waals surface area contributed by atoms with Crippen molar-refractivity contribution in [1.29, 1.82) is 0 Å². The summed E-state index contributed by atoms with van der Waals surface area (Å²) in [5.74, 6) is 0.570. The van der Waals surface area contributed by atoms with Gasteiger partial charge in [-0.15, -0.1) is 0 Å². The van der Waals surface area contributed by atoms with Crippen LogP contribution in [0.4, 0.5) is 5.82 Å². The lowest BCUT2D eigenvalue weighted by Crippen LogP contribution is -2.54. The predicted octanol–water partition coefficient (Wildman–Crippen LogP) is 2.84. The molecule has 1 aromatic heterocycles. The van der Waals surface area contributed by atoms with Crippen LogP contribution in [0.25, 0.3) is 0 Å². The Morgan fingerprint density at radius 3 is 2.55 bits per heavy atom. The quantitative estimate of drug-likeness (QED) is 0.897. The van der Waals surface area contributed by atoms with Gasteiger partial charge in [-0.05, 0) is 40.1 Å². The number of rotatable bonds is 4. The molecular formula is C15H25ClN4. The fourth-order valence-corrected chi connectivity index (χ4v) is 3.73. The molecule has 1 aliphatic rings. The summed E-state index contributed by atoms with van der Waals surface area (Å²) in [7, 11) is 6.30. The fraction of sp³-hybridized carbons (Fsp3) is 0.667. The first-order valence-corrected chi connectivity index (χ1v) is 7.64. The molecule has 0 spiro atoms. The van der Waals surface area contributed by atoms with Gasteiger partial charge in [0.05, 0.1) is 11.1 Å². The Bertz CT molecular complexity index is 455. The van der Waals surface area contributed by atoms with Gasteiger partial charge >= 0.3 is 0 Å². The van der Waals surface area contributed by atoms with E-state index in [2.05, 4.69) is 29.3 Å². The molecule has 2 rings (SSSR count). The molecule has 20 heavy (non-hydrogen) atoms. The summed E-state index contributed by atoms with van der Waals surface area (Å²) in [6.45, 7) is 0. The zero-order chi connectivity index (χ0) is 14.8. The van der Waals surface area contributed by atoms with Gasteiger partial charge in [0.15, 0.2) is 0 Å². The molecule has 1 atom stereocenters. The number of halogens is 1. The second kappa shape index (κ2) is 6.29. The first-order chi connectivity index (χ1) is 9.51. The highest BCUT2D eigenvalue weighted by Crippen LogP contribution is 2.43. The molecule has 1 heterocycles. The minimum Gasteiger partial charge on any atom is -0.383 e. The van der Waals surface area contributed by atoms with Crippen molar-refractivity contribution in [3.8, 4) is 0 Å². The van der Waals surface area contributed by atoms with E-state index in [0.717, 1.165) is 18.4 Å². The van der Waals surface area contributed by atoms with Crippen LogP contribution in [0.2, 0.25) is 5.02 Å². The van der Waals surface area contributed by atoms with Crippen LogP contribution >= 0.6 is 11.6 Å². The average molecular weight is 297 g/mol. The van der Waals surface area contributed by atoms with Gasteiger partial charge in [-0.3, -0.25) is 0 Å². The zero-order valence-electron chi connectivity index (χ0n) is 12.6. The highest BCUT2D eigenvalue weighted by molar-refractivity contribution is 6.30. The minimum absolute atomic E-state index is 0.0769. The third-order valence-corrected chi connectivity index (χ3v) is 4.87. The molecule has 0 aromatic carbocycles. The molecule has 4 nitrogen and oxygen atoms in total. The lowest BCUT2D eigenvalue weighted by Gasteiger charge is -2.48. The number of nitrogens with zero attached hydrogens (tertiary/aromatic N) is 2. The molecule has 1 aromatic rings. The first-order valence-electron chi connectivity index (χ1n) is 7.27. The van der Waals surface area contributed by atoms with E-state index >= 15 is 0 Å². The van der Waals surface area contributed by atoms with Gasteiger partial charge in [0, 0.05) is 17.3 Å². The molecule has 112 valence electrons. The SMILES string of the molecule is CNC(c1cc(Cl)cnc1N)C1(N(C)C)CCCCC1. The summed E-state index contributed by atoms with van der Waals surface area (Å²) in [5, 5.41) is 4.10. The Morgan fingerprint density at radius 2 is 2.00 bits per heavy atom. The van der Waals surface area contributed by atoms with Crippen LogP contribution in [0.1, 0.15) is 43.7 Å². The van der Waals surface area contributed by atoms with E-state index in [4.69, 9.17) is 17.3 Å². The number of anilines is 1. The van der Waals surface area contributed by atoms with E-state index in [-0.39, 0.29) is 11.6 Å². The Kier molecular flexibility index (Phi) is 4.89. The molecular weight excluding hydrogens is 272 g/mol. The topological polar surface area (TPSA) is 54.2 Å². The molecule has 3 N–H and O–H groups in total. The number of nitrogens with two attached hydrogens (primary N) is 1. The number of hydrogen-bond donors (Lipinski definition) is 2. The van der Waals surface area contributed by atoms with Crippen LogP contribution in [0.3, 0.4) is 0 Å². The number of pyridine rings is 1. The van der Waals surface area contributed by atoms with Crippen LogP contribution in [0.5, 0.6) is 0 Å². The zero-order valence-corrected chi connectivity index (χ0v) is 13.4. The Labute approximate surface area is 126 Å². The standard InChI is InChI=1S/C15H25ClN4/c1-18-13(12-9-11(16)10-19-14(12)17)15(20(2)3)7-5-4-6-8-15/h9-10,13,18H,4-8H2,1-3H3,(H2,17,19). The van der Waals surface area contributed by atoms with Crippen molar-refractivity contribution < 1.29 is 0 Å². The monoisotopic (exact) mass is 296 g/mol. The molecule has 5 heteroatoms. The van der Waals surface area contributed by atoms with E-state index in [1.54, 1.807) is 6.20 Å². The number of hydrogen-bond acceptors (Lipinski definition) is 4. The van der Waals surface area contributed by atoms with E-state index in [1.165, 1.54) is 19.3 Å². The Hall–Kier alpha value is -0.840. The summed E-state index contributed by atoms with van der Waals surface area (Å²) >= 11 is 6.12. The van der Waals surface area contributed by atoms with Crippen LogP contribution in [-0.2, 0) is 0 Å². The van der Waals surface area contributed by atoms with Gasteiger partial charge in [-0.25, -0.2) is 4.98 Å². The summed E-state index contributed by atoms with van der Waals surface area (Å²) in [6.07, 6.45) is 7.76. The van der Waals surface area contributed by atoms with Crippen molar-refractivity contribution in [2.45, 2.75) is 43.7 Å². The van der Waals surface area contributed by atoms with Gasteiger partial charge in [0.25, 0.3) is 0 Å². The number of likely N-dealkylation sites (N-methyl/N-ethyl adjacent to an activating group) is 2. The van der Waals surface area contributed by atoms with Crippen molar-refractivity contribution in [2.24, 2.45) is 0 Å². The predicted molar refractivity (Wildman–Crippen MR) is 85.0 cm³/mol. The maximum Gasteiger partial charge on any atom is 0.128 e. The average Bonchev–Trinajstić information content (AvgIpc) is 2.44. The molecule has 1 fully saturated rings. The van der Waals surface area contributed by atoms with E-state index in [9.17, 15) is 0 Å². The van der Waals surface area contributed by atoms with Gasteiger partial charge in [0.1, 0.15) is 5.82 Å². The highest BCUT2D eigenvalue weighted by atomic mass is 35.5. The molecule has 1 aliphatic carbocycles. The van der Waals surface area contributed by atoms with E-state index in [1.807, 2.05) is 13.1 Å². The smallest absolute Gasteiger partial charge is 0.128 e. The van der Waals surface area contributed by atoms with Gasteiger partial charge in [0.2, 0.25) is 0 Å². The third-order valence-electron chi connectivity index (χ3n) is 4.66. The van der Waals surface area contributed by atoms with Gasteiger partial charge < -0.3 is 16.0 Å². The number of nitrogens with one attached hydrogen (secondary N) is 1. The number of nitrogen functional groups attached to an aromatic ring is 1. The number of aromatic nitrogens is 1. The largest absolute Gasteiger partial charge is 0.383 e. The fourth-order valence-electron chi connectivity index (χ4n) is 3.57. The lowest BCUT2D eigenvalue weighted by molar-refractivity contribution is 0.0596. The first kappa shape index (κ1) is 15.5. The molecule has 1 saturated carbocycles. The summed E-state index contributed by atoms with van der Waals surface area (Å²) in [4.78, 5) is 6.56. The maximum absolute atomic E-state index is 6.12. The Morgan fingerprint density at radius 1 is 1.35 bits per heavy atom. The van der Waals surface area contributed by atoms with Gasteiger partial charge in [-0.1, -0.05) is 30.9 Å². The third kappa shape index (κ3) is 2.78. The van der Waals surface area contributed by atoms with Crippen molar-refractivity contribution in [3.05, 3.63) is 22.8 Å². The highest BCUT2D eigenvalue weighted by Gasteiger charge is 2.42. The van der Waals surface area contributed by atoms with E-state index < -0.39 is 0 Å². The van der Waals surface area contributed by atoms with Crippen molar-refractivity contribution in [1.82, 2.24) is 15.2 Å². The van der Waals surface area contributed by atoms with Crippen molar-refractivity contribution >= 4 is 17.4 Å². The van der Waals surface area contributed by atoms with Gasteiger partial charge in [-0.2, -0.15) is 0 Å². The second-order valence-electron chi connectivity index (χ2n) is 5.91. The van der Waals surface area contributed by atoms with Crippen LogP contribution < -0.4 is 11.1 Å². The summed E-state index contributed by atoms with van der Waals surface area (Å²) < 4.78 is 0. The van der Waals surface area contributed by atoms with Crippen LogP contribution in [-0.4, -0.2) is 36.6 Å². The molecule has 1 unspecified atom stereocenters. The lowest BCUT2D eigenvalue weighted by atomic mass is 9.73. The van der Waals surface area contributed by atoms with Crippen LogP contribution in [0, 0.1) is 0 Å². The molecule has 0 radical (unpaired) electrons. The molecule has 0 bridgehead atoms. The van der Waals surface area contributed by atoms with Crippen molar-refractivity contribution in [3.63, 3.8) is 0 Å². The van der Waals surface area contributed by atoms with Crippen LogP contribution in [0.15, 0.2) is 12.3 Å². The molecule has 0 saturated heterocycles. The minimum atomic E-state index is 0.0769.